The van der Waals surface area contributed by atoms with E-state index in [1.54, 1.807) is 0 Å². The van der Waals surface area contributed by atoms with Gasteiger partial charge in [-0.1, -0.05) is 0 Å². The van der Waals surface area contributed by atoms with Crippen LogP contribution in [0.3, 0.4) is 0 Å². The van der Waals surface area contributed by atoms with E-state index in [0.717, 1.165) is 0 Å². The summed E-state index contributed by atoms with van der Waals surface area (Å²) in [5.41, 5.74) is 0. The van der Waals surface area contributed by atoms with Gasteiger partial charge >= 0.3 is 40.9 Å². The van der Waals surface area contributed by atoms with Crippen LogP contribution in [0.5, 0.6) is 0 Å². The van der Waals surface area contributed by atoms with Gasteiger partial charge < -0.3 is 0 Å². The molecular formula is HCl2IO2. The molecule has 0 fully saturated rings. The molecule has 5 heavy (non-hydrogen) atoms. The quantitative estimate of drug-likeness (QED) is 0.642. The molecule has 1 N–H and O–H groups in total. The van der Waals surface area contributed by atoms with Crippen molar-refractivity contribution < 1.29 is 6.51 Å². The summed E-state index contributed by atoms with van der Waals surface area (Å²) in [6.45, 7) is 0. The van der Waals surface area contributed by atoms with Gasteiger partial charge in [-0.3, -0.25) is 0 Å². The van der Waals surface area contributed by atoms with E-state index in [1.807, 2.05) is 0 Å². The van der Waals surface area contributed by atoms with Crippen LogP contribution in [0.15, 0.2) is 0 Å². The van der Waals surface area contributed by atoms with E-state index >= 15 is 0 Å². The molecule has 5 heteroatoms. The van der Waals surface area contributed by atoms with Gasteiger partial charge in [0, 0.05) is 0 Å². The molecule has 0 aromatic rings. The predicted molar refractivity (Wildman–Crippen MR) is 28.6 cm³/mol. The molecule has 0 saturated carbocycles. The summed E-state index contributed by atoms with van der Waals surface area (Å²) in [7, 11) is 8.95. The minimum absolute atomic E-state index is 4.25. The van der Waals surface area contributed by atoms with Crippen molar-refractivity contribution in [3.8, 4) is 0 Å². The molecule has 0 aromatic carbocycles. The van der Waals surface area contributed by atoms with E-state index in [1.165, 1.54) is 0 Å². The van der Waals surface area contributed by atoms with Crippen LogP contribution in [-0.4, -0.2) is 3.44 Å². The molecule has 0 aliphatic heterocycles. The number of hydrogen-bond donors (Lipinski definition) is 1. The number of halogens is 3. The van der Waals surface area contributed by atoms with E-state index in [9.17, 15) is 3.07 Å². The Morgan fingerprint density at radius 1 is 1.60 bits per heavy atom. The van der Waals surface area contributed by atoms with Gasteiger partial charge in [-0.05, 0) is 0 Å². The average Bonchev–Trinajstić information content (AvgIpc) is 0.722. The predicted octanol–water partition coefficient (Wildman–Crippen LogP) is 1.59. The van der Waals surface area contributed by atoms with Crippen LogP contribution >= 0.6 is 34.4 Å². The van der Waals surface area contributed by atoms with Gasteiger partial charge in [0.1, 0.15) is 0 Å². The zero-order chi connectivity index (χ0) is 4.50. The van der Waals surface area contributed by atoms with Gasteiger partial charge in [-0.25, -0.2) is 0 Å². The van der Waals surface area contributed by atoms with Gasteiger partial charge in [0.25, 0.3) is 0 Å². The molecule has 0 rings (SSSR count). The van der Waals surface area contributed by atoms with Crippen molar-refractivity contribution in [1.82, 2.24) is 0 Å². The second-order valence-electron chi connectivity index (χ2n) is 0.367. The molecule has 0 heterocycles. The number of rotatable bonds is 0. The third-order valence-corrected chi connectivity index (χ3v) is 0. The van der Waals surface area contributed by atoms with Crippen LogP contribution in [0.2, 0.25) is 0 Å². The molecule has 0 radical (unpaired) electrons. The van der Waals surface area contributed by atoms with Crippen molar-refractivity contribution in [2.75, 3.05) is 0 Å². The summed E-state index contributed by atoms with van der Waals surface area (Å²) in [5, 5.41) is 0. The second kappa shape index (κ2) is 1.68. The fraction of sp³-hybridized carbons (Fsp3) is 0. The maximum absolute atomic E-state index is 9.37. The topological polar surface area (TPSA) is 37.3 Å². The van der Waals surface area contributed by atoms with Gasteiger partial charge in [-0.2, -0.15) is 0 Å². The first-order valence-electron chi connectivity index (χ1n) is 0.609. The van der Waals surface area contributed by atoms with E-state index in [2.05, 4.69) is 17.8 Å². The summed E-state index contributed by atoms with van der Waals surface area (Å²) in [4.78, 5) is 0. The standard InChI is InChI=1S/Cl2HIO2/c1-3(2,4)5/h(H,4,5). The normalized spacial score (nSPS) is 15.0. The monoisotopic (exact) mass is 230 g/mol. The minimum atomic E-state index is -4.25. The Kier molecular flexibility index (Phi) is 2.04. The van der Waals surface area contributed by atoms with Crippen molar-refractivity contribution in [2.24, 2.45) is 0 Å². The summed E-state index contributed by atoms with van der Waals surface area (Å²) in [6.07, 6.45) is 0. The first kappa shape index (κ1) is 6.07. The molecule has 0 unspecified atom stereocenters. The molecule has 0 spiro atoms. The Morgan fingerprint density at radius 3 is 1.60 bits per heavy atom. The van der Waals surface area contributed by atoms with E-state index in [0.29, 0.717) is 0 Å². The summed E-state index contributed by atoms with van der Waals surface area (Å²) < 4.78 is 17.0. The molecule has 0 aliphatic carbocycles. The Bertz CT molecular complexity index is 53.8. The molecule has 0 aromatic heterocycles. The first-order valence-corrected chi connectivity index (χ1v) is 7.92. The molecule has 0 amide bonds. The van der Waals surface area contributed by atoms with Gasteiger partial charge in [-0.15, -0.1) is 0 Å². The molecule has 0 atom stereocenters. The van der Waals surface area contributed by atoms with Gasteiger partial charge in [0.15, 0.2) is 0 Å². The zero-order valence-electron chi connectivity index (χ0n) is 1.99. The van der Waals surface area contributed by atoms with E-state index < -0.39 is 16.6 Å². The van der Waals surface area contributed by atoms with Crippen LogP contribution in [0.4, 0.5) is 0 Å². The first-order chi connectivity index (χ1) is 2.00. The third-order valence-electron chi connectivity index (χ3n) is 0. The van der Waals surface area contributed by atoms with Crippen molar-refractivity contribution >= 4 is 34.4 Å². The molecule has 34 valence electrons. The fourth-order valence-corrected chi connectivity index (χ4v) is 0. The van der Waals surface area contributed by atoms with Crippen molar-refractivity contribution in [3.63, 3.8) is 0 Å². The number of hydrogen-bond acceptors (Lipinski definition) is 1. The Morgan fingerprint density at radius 2 is 1.60 bits per heavy atom. The van der Waals surface area contributed by atoms with Gasteiger partial charge in [0.2, 0.25) is 0 Å². The van der Waals surface area contributed by atoms with Crippen molar-refractivity contribution in [3.05, 3.63) is 0 Å². The van der Waals surface area contributed by atoms with Crippen LogP contribution in [0, 0.1) is 0 Å². The van der Waals surface area contributed by atoms with E-state index in [-0.39, 0.29) is 0 Å². The molecule has 2 nitrogen and oxygen atoms in total. The van der Waals surface area contributed by atoms with E-state index in [4.69, 9.17) is 3.44 Å². The summed E-state index contributed by atoms with van der Waals surface area (Å²) in [6, 6.07) is 0. The summed E-state index contributed by atoms with van der Waals surface area (Å²) in [5.74, 6) is 0. The zero-order valence-corrected chi connectivity index (χ0v) is 5.66. The molecular weight excluding hydrogens is 230 g/mol. The second-order valence-corrected chi connectivity index (χ2v) is 8.64. The SMILES string of the molecule is O=I(O)(Cl)Cl. The Hall–Kier alpha value is 1.07. The van der Waals surface area contributed by atoms with Crippen molar-refractivity contribution in [2.45, 2.75) is 0 Å². The summed E-state index contributed by atoms with van der Waals surface area (Å²) >= 11 is -4.25. The molecule has 0 aliphatic rings. The van der Waals surface area contributed by atoms with Gasteiger partial charge in [0.05, 0.1) is 0 Å². The van der Waals surface area contributed by atoms with Crippen LogP contribution < -0.4 is 0 Å². The third kappa shape index (κ3) is 41.7. The molecule has 0 bridgehead atoms. The maximum atomic E-state index is 9.37. The Balaban J connectivity index is 3.47. The van der Waals surface area contributed by atoms with Crippen LogP contribution in [0.25, 0.3) is 0 Å². The molecule has 0 saturated heterocycles. The van der Waals surface area contributed by atoms with Crippen LogP contribution in [0.1, 0.15) is 0 Å². The van der Waals surface area contributed by atoms with Crippen molar-refractivity contribution in [1.29, 1.82) is 0 Å². The Labute approximate surface area is 40.9 Å². The van der Waals surface area contributed by atoms with Crippen LogP contribution in [-0.2, 0) is 3.07 Å². The average molecular weight is 231 g/mol. The fourth-order valence-electron chi connectivity index (χ4n) is 0.